The number of nitrogens with zero attached hydrogens (tertiary/aromatic N) is 1. The molecule has 6 heteroatoms. The molecule has 208 valence electrons. The number of carbonyl (C=O) groups is 2. The van der Waals surface area contributed by atoms with Crippen LogP contribution >= 0.6 is 0 Å². The van der Waals surface area contributed by atoms with Gasteiger partial charge in [0.25, 0.3) is 5.91 Å². The number of carbonyl (C=O) groups excluding carboxylic acids is 1. The van der Waals surface area contributed by atoms with E-state index < -0.39 is 5.97 Å². The molecule has 1 aromatic heterocycles. The molecular weight excluding hydrogens is 488 g/mol. The summed E-state index contributed by atoms with van der Waals surface area (Å²) in [4.78, 5) is 29.1. The molecule has 4 rings (SSSR count). The minimum absolute atomic E-state index is 0.0738. The molecule has 1 aliphatic rings. The fourth-order valence-corrected chi connectivity index (χ4v) is 5.23. The molecule has 0 radical (unpaired) electrons. The van der Waals surface area contributed by atoms with E-state index in [-0.39, 0.29) is 23.2 Å². The van der Waals surface area contributed by atoms with Crippen molar-refractivity contribution < 1.29 is 19.4 Å². The maximum absolute atomic E-state index is 13.2. The summed E-state index contributed by atoms with van der Waals surface area (Å²) in [5.74, 6) is 1.00. The van der Waals surface area contributed by atoms with Crippen LogP contribution in [0.15, 0.2) is 48.5 Å². The van der Waals surface area contributed by atoms with Gasteiger partial charge in [-0.15, -0.1) is 0 Å². The highest BCUT2D eigenvalue weighted by molar-refractivity contribution is 5.97. The number of hydrogen-bond donors (Lipinski definition) is 2. The number of aliphatic carboxylic acids is 1. The van der Waals surface area contributed by atoms with Gasteiger partial charge in [0, 0.05) is 24.0 Å². The van der Waals surface area contributed by atoms with Gasteiger partial charge in [0.05, 0.1) is 0 Å². The van der Waals surface area contributed by atoms with Gasteiger partial charge in [0.1, 0.15) is 17.2 Å². The number of nitrogens with one attached hydrogen (secondary N) is 1. The molecule has 0 saturated heterocycles. The van der Waals surface area contributed by atoms with E-state index in [1.165, 1.54) is 31.2 Å². The first-order valence-electron chi connectivity index (χ1n) is 14.1. The average Bonchev–Trinajstić information content (AvgIpc) is 3.39. The van der Waals surface area contributed by atoms with Gasteiger partial charge in [0.2, 0.25) is 0 Å². The third kappa shape index (κ3) is 7.81. The Morgan fingerprint density at radius 2 is 1.64 bits per heavy atom. The number of aromatic nitrogens is 1. The molecule has 1 aliphatic carbocycles. The van der Waals surface area contributed by atoms with Crippen LogP contribution in [0.5, 0.6) is 11.5 Å². The minimum atomic E-state index is -0.828. The fraction of sp³-hybridized carbons (Fsp3) is 0.485. The maximum atomic E-state index is 13.2. The Hall–Kier alpha value is -3.41. The Morgan fingerprint density at radius 3 is 2.28 bits per heavy atom. The van der Waals surface area contributed by atoms with Crippen LogP contribution in [0.1, 0.15) is 94.9 Å². The lowest BCUT2D eigenvalue weighted by Gasteiger charge is -2.24. The van der Waals surface area contributed by atoms with Crippen molar-refractivity contribution in [2.24, 2.45) is 11.3 Å². The standard InChI is InChI=1S/C33H42N2O4/c1-32(2,3)24-10-12-25(13-11-24)39-26-14-15-27-23(19-26)20-29(35-28(27)18-22-8-6-7-9-22)31(38)34-21-33(4,5)17-16-30(36)37/h10-15,19-20,22H,6-9,16-18,21H2,1-5H3,(H,34,38)(H,36,37). The molecule has 0 unspecified atom stereocenters. The summed E-state index contributed by atoms with van der Waals surface area (Å²) in [6.45, 7) is 10.9. The molecule has 0 atom stereocenters. The molecule has 6 nitrogen and oxygen atoms in total. The van der Waals surface area contributed by atoms with Crippen LogP contribution < -0.4 is 10.1 Å². The van der Waals surface area contributed by atoms with Crippen molar-refractivity contribution in [1.82, 2.24) is 10.3 Å². The summed E-state index contributed by atoms with van der Waals surface area (Å²) < 4.78 is 6.20. The second-order valence-electron chi connectivity index (χ2n) is 12.8. The number of fused-ring (bicyclic) bond motifs is 1. The molecule has 1 heterocycles. The minimum Gasteiger partial charge on any atom is -0.481 e. The number of amides is 1. The molecule has 1 amide bonds. The number of rotatable bonds is 10. The van der Waals surface area contributed by atoms with Crippen LogP contribution in [0.3, 0.4) is 0 Å². The summed E-state index contributed by atoms with van der Waals surface area (Å²) in [6, 6.07) is 16.0. The van der Waals surface area contributed by atoms with Gasteiger partial charge in [-0.2, -0.15) is 0 Å². The second-order valence-corrected chi connectivity index (χ2v) is 12.8. The predicted octanol–water partition coefficient (Wildman–Crippen LogP) is 7.68. The normalized spacial score (nSPS) is 14.5. The monoisotopic (exact) mass is 530 g/mol. The lowest BCUT2D eigenvalue weighted by Crippen LogP contribution is -2.34. The van der Waals surface area contributed by atoms with Crippen molar-refractivity contribution in [1.29, 1.82) is 0 Å². The van der Waals surface area contributed by atoms with Crippen LogP contribution in [0, 0.1) is 11.3 Å². The van der Waals surface area contributed by atoms with Crippen LogP contribution in [0.25, 0.3) is 10.8 Å². The summed E-state index contributed by atoms with van der Waals surface area (Å²) in [6.07, 6.45) is 6.31. The number of hydrogen-bond acceptors (Lipinski definition) is 4. The van der Waals surface area contributed by atoms with Gasteiger partial charge in [0.15, 0.2) is 0 Å². The summed E-state index contributed by atoms with van der Waals surface area (Å²) in [7, 11) is 0. The lowest BCUT2D eigenvalue weighted by atomic mass is 9.87. The van der Waals surface area contributed by atoms with E-state index >= 15 is 0 Å². The Kier molecular flexibility index (Phi) is 8.63. The van der Waals surface area contributed by atoms with E-state index in [1.54, 1.807) is 0 Å². The van der Waals surface area contributed by atoms with Crippen molar-refractivity contribution in [2.45, 2.75) is 85.0 Å². The van der Waals surface area contributed by atoms with Crippen molar-refractivity contribution >= 4 is 22.6 Å². The smallest absolute Gasteiger partial charge is 0.303 e. The Labute approximate surface area is 232 Å². The number of carboxylic acids is 1. The highest BCUT2D eigenvalue weighted by Gasteiger charge is 2.23. The van der Waals surface area contributed by atoms with Gasteiger partial charge in [-0.1, -0.05) is 72.4 Å². The van der Waals surface area contributed by atoms with E-state index in [0.717, 1.165) is 28.6 Å². The highest BCUT2D eigenvalue weighted by Crippen LogP contribution is 2.33. The molecule has 39 heavy (non-hydrogen) atoms. The van der Waals surface area contributed by atoms with Gasteiger partial charge in [-0.25, -0.2) is 4.98 Å². The highest BCUT2D eigenvalue weighted by atomic mass is 16.5. The molecule has 2 N–H and O–H groups in total. The molecule has 2 aromatic carbocycles. The van der Waals surface area contributed by atoms with Gasteiger partial charge >= 0.3 is 5.97 Å². The topological polar surface area (TPSA) is 88.5 Å². The Balaban J connectivity index is 1.59. The van der Waals surface area contributed by atoms with E-state index in [9.17, 15) is 9.59 Å². The molecule has 3 aromatic rings. The van der Waals surface area contributed by atoms with Crippen LogP contribution in [0.2, 0.25) is 0 Å². The first-order chi connectivity index (χ1) is 18.4. The lowest BCUT2D eigenvalue weighted by molar-refractivity contribution is -0.137. The van der Waals surface area contributed by atoms with Gasteiger partial charge in [-0.3, -0.25) is 9.59 Å². The molecule has 0 bridgehead atoms. The van der Waals surface area contributed by atoms with Crippen molar-refractivity contribution in [2.75, 3.05) is 6.54 Å². The molecule has 0 aliphatic heterocycles. The first kappa shape index (κ1) is 28.6. The Morgan fingerprint density at radius 1 is 0.974 bits per heavy atom. The number of pyridine rings is 1. The third-order valence-corrected chi connectivity index (χ3v) is 7.77. The number of ether oxygens (including phenoxy) is 1. The second kappa shape index (κ2) is 11.8. The summed E-state index contributed by atoms with van der Waals surface area (Å²) in [5.41, 5.74) is 2.33. The first-order valence-corrected chi connectivity index (χ1v) is 14.1. The largest absolute Gasteiger partial charge is 0.481 e. The van der Waals surface area contributed by atoms with Gasteiger partial charge in [-0.05, 0) is 76.9 Å². The van der Waals surface area contributed by atoms with Crippen molar-refractivity contribution in [3.63, 3.8) is 0 Å². The summed E-state index contributed by atoms with van der Waals surface area (Å²) >= 11 is 0. The van der Waals surface area contributed by atoms with Crippen molar-refractivity contribution in [3.05, 3.63) is 65.5 Å². The maximum Gasteiger partial charge on any atom is 0.303 e. The van der Waals surface area contributed by atoms with Crippen molar-refractivity contribution in [3.8, 4) is 11.5 Å². The van der Waals surface area contributed by atoms with E-state index in [2.05, 4.69) is 44.3 Å². The predicted molar refractivity (Wildman–Crippen MR) is 156 cm³/mol. The van der Waals surface area contributed by atoms with E-state index in [4.69, 9.17) is 14.8 Å². The van der Waals surface area contributed by atoms with E-state index in [1.807, 2.05) is 44.2 Å². The van der Waals surface area contributed by atoms with Crippen LogP contribution in [-0.2, 0) is 16.6 Å². The van der Waals surface area contributed by atoms with E-state index in [0.29, 0.717) is 30.3 Å². The average molecular weight is 531 g/mol. The molecule has 1 saturated carbocycles. The Bertz CT molecular complexity index is 1320. The van der Waals surface area contributed by atoms with Crippen LogP contribution in [-0.4, -0.2) is 28.5 Å². The summed E-state index contributed by atoms with van der Waals surface area (Å²) in [5, 5.41) is 14.0. The quantitative estimate of drug-likeness (QED) is 0.281. The fourth-order valence-electron chi connectivity index (χ4n) is 5.23. The number of carboxylic acid groups (broad SMARTS) is 1. The molecular formula is C33H42N2O4. The zero-order valence-corrected chi connectivity index (χ0v) is 24.0. The van der Waals surface area contributed by atoms with Gasteiger partial charge < -0.3 is 15.2 Å². The number of benzene rings is 2. The third-order valence-electron chi connectivity index (χ3n) is 7.77. The zero-order chi connectivity index (χ0) is 28.2. The van der Waals surface area contributed by atoms with Crippen LogP contribution in [0.4, 0.5) is 0 Å². The zero-order valence-electron chi connectivity index (χ0n) is 24.0. The molecule has 1 fully saturated rings. The SMILES string of the molecule is CC(C)(CCC(=O)O)CNC(=O)c1cc2cc(Oc3ccc(C(C)(C)C)cc3)ccc2c(CC2CCCC2)n1. The molecule has 0 spiro atoms.